The van der Waals surface area contributed by atoms with Crippen LogP contribution in [-0.4, -0.2) is 66.1 Å². The minimum Gasteiger partial charge on any atom is -0.494 e. The van der Waals surface area contributed by atoms with Gasteiger partial charge in [0.05, 0.1) is 23.9 Å². The molecule has 0 radical (unpaired) electrons. The van der Waals surface area contributed by atoms with Crippen molar-refractivity contribution >= 4 is 34.0 Å². The van der Waals surface area contributed by atoms with Crippen LogP contribution in [-0.2, 0) is 0 Å². The highest BCUT2D eigenvalue weighted by Crippen LogP contribution is 2.39. The van der Waals surface area contributed by atoms with Crippen LogP contribution in [0.5, 0.6) is 17.4 Å². The van der Waals surface area contributed by atoms with E-state index in [0.717, 1.165) is 17.7 Å². The monoisotopic (exact) mass is 583 g/mol. The Hall–Kier alpha value is -5.36. The molecule has 11 nitrogen and oxygen atoms in total. The number of fused-ring (bicyclic) bond motifs is 1. The first-order chi connectivity index (χ1) is 20.7. The lowest BCUT2D eigenvalue weighted by atomic mass is 10.1. The number of benzene rings is 3. The highest BCUT2D eigenvalue weighted by molar-refractivity contribution is 5.92. The van der Waals surface area contributed by atoms with Crippen LogP contribution in [0.1, 0.15) is 0 Å². The number of rotatable bonds is 11. The minimum atomic E-state index is -0.423. The Balaban J connectivity index is 1.54. The third-order valence-electron chi connectivity index (χ3n) is 6.68. The zero-order valence-corrected chi connectivity index (χ0v) is 24.1. The lowest BCUT2D eigenvalue weighted by Gasteiger charge is -2.22. The second-order valence-corrected chi connectivity index (χ2v) is 10.0. The van der Waals surface area contributed by atoms with E-state index in [1.807, 2.05) is 54.2 Å². The number of aromatic nitrogens is 3. The fraction of sp³-hybridized carbons (Fsp3) is 0.194. The van der Waals surface area contributed by atoms with E-state index in [1.54, 1.807) is 25.4 Å². The van der Waals surface area contributed by atoms with Crippen molar-refractivity contribution in [2.24, 2.45) is 0 Å². The quantitative estimate of drug-likeness (QED) is 0.141. The molecule has 0 atom stereocenters. The SMILES string of the molecule is COc1cc(N(C)CCN(C)C)c([N+](=O)[O-])cc1Nc1ncc2nc(Oc3ccc(F)cc3)cc(-c3ccccc3)c2n1. The number of nitro benzene ring substituents is 1. The standard InChI is InChI=1S/C31H30FN7O4/c1-37(2)14-15-38(3)26-18-28(42-4)24(17-27(26)39(40)41)35-31-33-19-25-30(36-31)23(20-8-6-5-7-9-20)16-29(34-25)43-22-12-10-21(32)11-13-22/h5-13,16-19H,14-15H2,1-4H3,(H,33,35,36). The second kappa shape index (κ2) is 12.7. The summed E-state index contributed by atoms with van der Waals surface area (Å²) in [5.74, 6) is 0.931. The molecule has 0 fully saturated rings. The van der Waals surface area contributed by atoms with Gasteiger partial charge in [-0.05, 0) is 43.9 Å². The summed E-state index contributed by atoms with van der Waals surface area (Å²) in [6.07, 6.45) is 1.54. The van der Waals surface area contributed by atoms with Crippen molar-refractivity contribution in [1.82, 2.24) is 19.9 Å². The number of nitro groups is 1. The zero-order valence-electron chi connectivity index (χ0n) is 24.1. The van der Waals surface area contributed by atoms with Crippen molar-refractivity contribution in [3.8, 4) is 28.5 Å². The highest BCUT2D eigenvalue weighted by Gasteiger charge is 2.23. The average molecular weight is 584 g/mol. The summed E-state index contributed by atoms with van der Waals surface area (Å²) in [7, 11) is 7.18. The van der Waals surface area contributed by atoms with Gasteiger partial charge in [0.25, 0.3) is 5.69 Å². The Labute approximate surface area is 247 Å². The number of hydrogen-bond donors (Lipinski definition) is 1. The fourth-order valence-electron chi connectivity index (χ4n) is 4.44. The molecule has 0 bridgehead atoms. The predicted octanol–water partition coefficient (Wildman–Crippen LogP) is 6.28. The van der Waals surface area contributed by atoms with Crippen LogP contribution >= 0.6 is 0 Å². The van der Waals surface area contributed by atoms with Crippen molar-refractivity contribution in [3.63, 3.8) is 0 Å². The number of nitrogens with zero attached hydrogens (tertiary/aromatic N) is 6. The van der Waals surface area contributed by atoms with E-state index in [-0.39, 0.29) is 23.3 Å². The lowest BCUT2D eigenvalue weighted by molar-refractivity contribution is -0.384. The molecule has 3 aromatic carbocycles. The number of methoxy groups -OCH3 is 1. The number of hydrogen-bond acceptors (Lipinski definition) is 10. The van der Waals surface area contributed by atoms with Crippen molar-refractivity contribution in [3.05, 3.63) is 94.9 Å². The molecule has 2 aromatic heterocycles. The van der Waals surface area contributed by atoms with Gasteiger partial charge in [-0.25, -0.2) is 19.3 Å². The van der Waals surface area contributed by atoms with Gasteiger partial charge < -0.3 is 24.6 Å². The van der Waals surface area contributed by atoms with Gasteiger partial charge in [-0.15, -0.1) is 0 Å². The van der Waals surface area contributed by atoms with Gasteiger partial charge in [0.1, 0.15) is 34.0 Å². The molecule has 220 valence electrons. The third kappa shape index (κ3) is 6.76. The zero-order chi connectivity index (χ0) is 30.5. The van der Waals surface area contributed by atoms with E-state index in [1.165, 1.54) is 37.4 Å². The van der Waals surface area contributed by atoms with E-state index in [0.29, 0.717) is 40.5 Å². The predicted molar refractivity (Wildman–Crippen MR) is 164 cm³/mol. The van der Waals surface area contributed by atoms with Crippen molar-refractivity contribution in [2.75, 3.05) is 51.6 Å². The van der Waals surface area contributed by atoms with Gasteiger partial charge in [-0.1, -0.05) is 30.3 Å². The molecule has 43 heavy (non-hydrogen) atoms. The third-order valence-corrected chi connectivity index (χ3v) is 6.68. The maximum atomic E-state index is 13.4. The Morgan fingerprint density at radius 3 is 2.40 bits per heavy atom. The number of pyridine rings is 1. The maximum Gasteiger partial charge on any atom is 0.294 e. The molecule has 0 saturated heterocycles. The van der Waals surface area contributed by atoms with Crippen LogP contribution in [0.15, 0.2) is 79.0 Å². The Morgan fingerprint density at radius 1 is 0.977 bits per heavy atom. The molecule has 0 amide bonds. The van der Waals surface area contributed by atoms with Gasteiger partial charge >= 0.3 is 0 Å². The number of anilines is 3. The molecule has 5 aromatic rings. The van der Waals surface area contributed by atoms with Crippen LogP contribution in [0.2, 0.25) is 0 Å². The summed E-state index contributed by atoms with van der Waals surface area (Å²) in [5, 5.41) is 15.1. The number of ether oxygens (including phenoxy) is 2. The highest BCUT2D eigenvalue weighted by atomic mass is 19.1. The summed E-state index contributed by atoms with van der Waals surface area (Å²) < 4.78 is 24.9. The van der Waals surface area contributed by atoms with Crippen molar-refractivity contribution in [1.29, 1.82) is 0 Å². The maximum absolute atomic E-state index is 13.4. The first-order valence-corrected chi connectivity index (χ1v) is 13.4. The van der Waals surface area contributed by atoms with Gasteiger partial charge in [0.15, 0.2) is 0 Å². The first kappa shape index (κ1) is 29.1. The van der Waals surface area contributed by atoms with Crippen LogP contribution in [0.25, 0.3) is 22.2 Å². The smallest absolute Gasteiger partial charge is 0.294 e. The van der Waals surface area contributed by atoms with Crippen LogP contribution in [0.3, 0.4) is 0 Å². The second-order valence-electron chi connectivity index (χ2n) is 10.0. The van der Waals surface area contributed by atoms with E-state index >= 15 is 0 Å². The van der Waals surface area contributed by atoms with Gasteiger partial charge in [0, 0.05) is 43.9 Å². The lowest BCUT2D eigenvalue weighted by Crippen LogP contribution is -2.28. The van der Waals surface area contributed by atoms with Gasteiger partial charge in [-0.3, -0.25) is 10.1 Å². The minimum absolute atomic E-state index is 0.0837. The molecule has 0 aliphatic rings. The number of nitrogens with one attached hydrogen (secondary N) is 1. The molecular weight excluding hydrogens is 553 g/mol. The van der Waals surface area contributed by atoms with Crippen molar-refractivity contribution in [2.45, 2.75) is 0 Å². The number of halogens is 1. The van der Waals surface area contributed by atoms with E-state index in [9.17, 15) is 14.5 Å². The van der Waals surface area contributed by atoms with Crippen LogP contribution < -0.4 is 19.7 Å². The van der Waals surface area contributed by atoms with E-state index in [2.05, 4.69) is 15.3 Å². The van der Waals surface area contributed by atoms with Crippen LogP contribution in [0, 0.1) is 15.9 Å². The Morgan fingerprint density at radius 2 is 1.72 bits per heavy atom. The molecule has 12 heteroatoms. The first-order valence-electron chi connectivity index (χ1n) is 13.4. The molecule has 1 N–H and O–H groups in total. The average Bonchev–Trinajstić information content (AvgIpc) is 3.01. The molecule has 0 spiro atoms. The van der Waals surface area contributed by atoms with Gasteiger partial charge in [0.2, 0.25) is 11.8 Å². The van der Waals surface area contributed by atoms with Crippen LogP contribution in [0.4, 0.5) is 27.4 Å². The Bertz CT molecular complexity index is 1750. The molecular formula is C31H30FN7O4. The summed E-state index contributed by atoms with van der Waals surface area (Å²) in [6, 6.07) is 20.0. The molecule has 2 heterocycles. The fourth-order valence-corrected chi connectivity index (χ4v) is 4.44. The summed E-state index contributed by atoms with van der Waals surface area (Å²) in [4.78, 5) is 29.2. The summed E-state index contributed by atoms with van der Waals surface area (Å²) in [5.41, 5.74) is 3.26. The Kier molecular flexibility index (Phi) is 8.58. The number of likely N-dealkylation sites (N-methyl/N-ethyl adjacent to an activating group) is 2. The topological polar surface area (TPSA) is 119 Å². The molecule has 0 unspecified atom stereocenters. The normalized spacial score (nSPS) is 11.0. The van der Waals surface area contributed by atoms with Crippen molar-refractivity contribution < 1.29 is 18.8 Å². The summed E-state index contributed by atoms with van der Waals surface area (Å²) >= 11 is 0. The van der Waals surface area contributed by atoms with E-state index < -0.39 is 4.92 Å². The summed E-state index contributed by atoms with van der Waals surface area (Å²) in [6.45, 7) is 1.30. The molecule has 5 rings (SSSR count). The van der Waals surface area contributed by atoms with Gasteiger partial charge in [-0.2, -0.15) is 0 Å². The van der Waals surface area contributed by atoms with E-state index in [4.69, 9.17) is 14.5 Å². The molecule has 0 aliphatic heterocycles. The molecule has 0 aliphatic carbocycles. The largest absolute Gasteiger partial charge is 0.494 e. The molecule has 0 saturated carbocycles.